The summed E-state index contributed by atoms with van der Waals surface area (Å²) in [4.78, 5) is 19.8. The van der Waals surface area contributed by atoms with Crippen molar-refractivity contribution in [1.29, 1.82) is 0 Å². The van der Waals surface area contributed by atoms with Crippen LogP contribution in [0, 0.1) is 0 Å². The molecule has 0 amide bonds. The number of benzene rings is 1. The van der Waals surface area contributed by atoms with Crippen molar-refractivity contribution in [3.05, 3.63) is 61.2 Å². The van der Waals surface area contributed by atoms with E-state index >= 15 is 0 Å². The van der Waals surface area contributed by atoms with E-state index in [1.54, 1.807) is 7.11 Å². The number of hydrogen-bond acceptors (Lipinski definition) is 6. The summed E-state index contributed by atoms with van der Waals surface area (Å²) in [5, 5.41) is 1.07. The molecule has 176 valence electrons. The van der Waals surface area contributed by atoms with Crippen LogP contribution in [0.15, 0.2) is 61.2 Å². The van der Waals surface area contributed by atoms with Gasteiger partial charge in [-0.2, -0.15) is 0 Å². The Balaban J connectivity index is 1.39. The van der Waals surface area contributed by atoms with Gasteiger partial charge < -0.3 is 19.5 Å². The zero-order valence-electron chi connectivity index (χ0n) is 20.2. The van der Waals surface area contributed by atoms with Gasteiger partial charge in [0.1, 0.15) is 11.4 Å². The summed E-state index contributed by atoms with van der Waals surface area (Å²) in [5.74, 6) is 0.849. The number of pyridine rings is 2. The number of para-hydroxylation sites is 1. The fraction of sp³-hybridized carbons (Fsp3) is 0.333. The van der Waals surface area contributed by atoms with Gasteiger partial charge in [-0.25, -0.2) is 4.98 Å². The van der Waals surface area contributed by atoms with Gasteiger partial charge >= 0.3 is 0 Å². The fourth-order valence-corrected chi connectivity index (χ4v) is 4.58. The molecule has 4 heterocycles. The Kier molecular flexibility index (Phi) is 6.47. The smallest absolute Gasteiger partial charge is 0.137 e. The summed E-state index contributed by atoms with van der Waals surface area (Å²) in [6, 6.07) is 12.5. The number of hydrogen-bond donors (Lipinski definition) is 1. The molecule has 0 radical (unpaired) electrons. The molecular formula is C27H32N6O. The molecule has 1 aliphatic heterocycles. The van der Waals surface area contributed by atoms with Crippen molar-refractivity contribution in [2.24, 2.45) is 0 Å². The second-order valence-electron chi connectivity index (χ2n) is 9.09. The lowest BCUT2D eigenvalue weighted by atomic mass is 10.0. The highest BCUT2D eigenvalue weighted by Gasteiger charge is 2.18. The number of likely N-dealkylation sites (N-methyl/N-ethyl adjacent to an activating group) is 1. The van der Waals surface area contributed by atoms with Crippen molar-refractivity contribution < 1.29 is 4.74 Å². The number of piperazine rings is 1. The number of aromatic nitrogens is 3. The van der Waals surface area contributed by atoms with E-state index in [1.165, 1.54) is 5.69 Å². The first-order chi connectivity index (χ1) is 16.6. The zero-order chi connectivity index (χ0) is 23.5. The number of anilines is 1. The highest BCUT2D eigenvalue weighted by molar-refractivity contribution is 5.97. The van der Waals surface area contributed by atoms with Crippen molar-refractivity contribution in [2.75, 3.05) is 65.4 Å². The van der Waals surface area contributed by atoms with Crippen molar-refractivity contribution in [1.82, 2.24) is 24.8 Å². The Labute approximate surface area is 201 Å². The molecule has 1 aliphatic rings. The van der Waals surface area contributed by atoms with E-state index in [4.69, 9.17) is 9.72 Å². The molecule has 3 aromatic heterocycles. The molecule has 0 spiro atoms. The van der Waals surface area contributed by atoms with Crippen molar-refractivity contribution in [3.63, 3.8) is 0 Å². The van der Waals surface area contributed by atoms with Gasteiger partial charge in [-0.05, 0) is 32.3 Å². The molecule has 0 atom stereocenters. The van der Waals surface area contributed by atoms with Gasteiger partial charge in [-0.3, -0.25) is 9.88 Å². The summed E-state index contributed by atoms with van der Waals surface area (Å²) in [7, 11) is 5.97. The fourth-order valence-electron chi connectivity index (χ4n) is 4.58. The van der Waals surface area contributed by atoms with Crippen LogP contribution in [0.5, 0.6) is 5.75 Å². The van der Waals surface area contributed by atoms with E-state index < -0.39 is 0 Å². The van der Waals surface area contributed by atoms with Crippen molar-refractivity contribution in [3.8, 4) is 28.0 Å². The average Bonchev–Trinajstić information content (AvgIpc) is 3.31. The lowest BCUT2D eigenvalue weighted by Crippen LogP contribution is -2.48. The highest BCUT2D eigenvalue weighted by Crippen LogP contribution is 2.36. The highest BCUT2D eigenvalue weighted by atomic mass is 16.5. The maximum absolute atomic E-state index is 5.59. The third kappa shape index (κ3) is 4.62. The van der Waals surface area contributed by atoms with Crippen LogP contribution >= 0.6 is 0 Å². The molecule has 0 bridgehead atoms. The molecule has 34 heavy (non-hydrogen) atoms. The average molecular weight is 457 g/mol. The Bertz CT molecular complexity index is 1260. The minimum Gasteiger partial charge on any atom is -0.496 e. The molecule has 5 rings (SSSR count). The molecule has 0 unspecified atom stereocenters. The number of fused-ring (bicyclic) bond motifs is 1. The number of methoxy groups -OCH3 is 1. The van der Waals surface area contributed by atoms with Crippen LogP contribution in [-0.2, 0) is 0 Å². The minimum atomic E-state index is 0.849. The number of aromatic amines is 1. The van der Waals surface area contributed by atoms with Crippen LogP contribution in [0.3, 0.4) is 0 Å². The molecule has 0 saturated carbocycles. The standard InChI is InChI=1S/C27H32N6O/c1-31(2)8-9-32-10-12-33(13-11-32)22-14-20(16-28-18-22)21-15-24-25(19-30-27(24)29-17-21)23-6-4-5-7-26(23)34-3/h4-7,14-19H,8-13H2,1-3H3,(H,29,30). The summed E-state index contributed by atoms with van der Waals surface area (Å²) in [5.41, 5.74) is 6.30. The van der Waals surface area contributed by atoms with Crippen molar-refractivity contribution >= 4 is 16.7 Å². The Morgan fingerprint density at radius 2 is 1.76 bits per heavy atom. The molecule has 1 saturated heterocycles. The minimum absolute atomic E-state index is 0.849. The summed E-state index contributed by atoms with van der Waals surface area (Å²) < 4.78 is 5.59. The molecule has 7 heteroatoms. The monoisotopic (exact) mass is 456 g/mol. The number of ether oxygens (including phenoxy) is 1. The van der Waals surface area contributed by atoms with Gasteiger partial charge in [-0.15, -0.1) is 0 Å². The second-order valence-corrected chi connectivity index (χ2v) is 9.09. The molecule has 1 N–H and O–H groups in total. The Morgan fingerprint density at radius 1 is 0.971 bits per heavy atom. The maximum Gasteiger partial charge on any atom is 0.137 e. The normalized spacial score (nSPS) is 14.8. The number of rotatable bonds is 7. The molecule has 7 nitrogen and oxygen atoms in total. The zero-order valence-corrected chi connectivity index (χ0v) is 20.2. The van der Waals surface area contributed by atoms with E-state index in [-0.39, 0.29) is 0 Å². The predicted octanol–water partition coefficient (Wildman–Crippen LogP) is 3.98. The van der Waals surface area contributed by atoms with Crippen molar-refractivity contribution in [2.45, 2.75) is 0 Å². The Morgan fingerprint density at radius 3 is 2.56 bits per heavy atom. The van der Waals surface area contributed by atoms with Crippen LogP contribution in [0.1, 0.15) is 0 Å². The lowest BCUT2D eigenvalue weighted by Gasteiger charge is -2.36. The first-order valence-electron chi connectivity index (χ1n) is 11.8. The van der Waals surface area contributed by atoms with Crippen LogP contribution in [0.25, 0.3) is 33.3 Å². The Hall–Kier alpha value is -3.42. The lowest BCUT2D eigenvalue weighted by molar-refractivity contribution is 0.229. The van der Waals surface area contributed by atoms with Crippen LogP contribution in [0.2, 0.25) is 0 Å². The van der Waals surface area contributed by atoms with Crippen LogP contribution in [0.4, 0.5) is 5.69 Å². The SMILES string of the molecule is COc1ccccc1-c1c[nH]c2ncc(-c3cncc(N4CCN(CCN(C)C)CC4)c3)cc12. The quantitative estimate of drug-likeness (QED) is 0.454. The predicted molar refractivity (Wildman–Crippen MR) is 139 cm³/mol. The molecule has 1 fully saturated rings. The number of nitrogens with zero attached hydrogens (tertiary/aromatic N) is 5. The third-order valence-electron chi connectivity index (χ3n) is 6.59. The first-order valence-corrected chi connectivity index (χ1v) is 11.8. The number of nitrogens with one attached hydrogen (secondary N) is 1. The summed E-state index contributed by atoms with van der Waals surface area (Å²) in [6.45, 7) is 6.42. The van der Waals surface area contributed by atoms with E-state index in [1.807, 2.05) is 43.0 Å². The molecule has 4 aromatic rings. The summed E-state index contributed by atoms with van der Waals surface area (Å²) >= 11 is 0. The largest absolute Gasteiger partial charge is 0.496 e. The maximum atomic E-state index is 5.59. The van der Waals surface area contributed by atoms with E-state index in [2.05, 4.69) is 57.0 Å². The second kappa shape index (κ2) is 9.83. The van der Waals surface area contributed by atoms with Gasteiger partial charge in [0.2, 0.25) is 0 Å². The van der Waals surface area contributed by atoms with Gasteiger partial charge in [0, 0.05) is 85.5 Å². The van der Waals surface area contributed by atoms with Gasteiger partial charge in [0.25, 0.3) is 0 Å². The van der Waals surface area contributed by atoms with Crippen LogP contribution < -0.4 is 9.64 Å². The van der Waals surface area contributed by atoms with E-state index in [0.29, 0.717) is 0 Å². The molecule has 1 aromatic carbocycles. The van der Waals surface area contributed by atoms with Gasteiger partial charge in [-0.1, -0.05) is 18.2 Å². The topological polar surface area (TPSA) is 60.5 Å². The molecular weight excluding hydrogens is 424 g/mol. The van der Waals surface area contributed by atoms with Crippen LogP contribution in [-0.4, -0.2) is 85.2 Å². The van der Waals surface area contributed by atoms with E-state index in [0.717, 1.165) is 78.3 Å². The first kappa shape index (κ1) is 22.4. The van der Waals surface area contributed by atoms with Gasteiger partial charge in [0.05, 0.1) is 19.0 Å². The van der Waals surface area contributed by atoms with E-state index in [9.17, 15) is 0 Å². The third-order valence-corrected chi connectivity index (χ3v) is 6.59. The summed E-state index contributed by atoms with van der Waals surface area (Å²) in [6.07, 6.45) is 7.82. The number of H-pyrrole nitrogens is 1. The van der Waals surface area contributed by atoms with Gasteiger partial charge in [0.15, 0.2) is 0 Å². The molecule has 0 aliphatic carbocycles.